The van der Waals surface area contributed by atoms with Gasteiger partial charge in [0.2, 0.25) is 0 Å². The van der Waals surface area contributed by atoms with Crippen LogP contribution in [0.15, 0.2) is 59.5 Å². The number of aryl methyl sites for hydroxylation is 1. The third kappa shape index (κ3) is 6.03. The van der Waals surface area contributed by atoms with E-state index in [0.29, 0.717) is 5.56 Å². The van der Waals surface area contributed by atoms with Crippen LogP contribution in [0.1, 0.15) is 15.9 Å². The largest absolute Gasteiger partial charge is 0.459 e. The summed E-state index contributed by atoms with van der Waals surface area (Å²) in [4.78, 5) is 13.0. The molecule has 3 rings (SSSR count). The highest BCUT2D eigenvalue weighted by atomic mass is 32.2. The van der Waals surface area contributed by atoms with E-state index in [-0.39, 0.29) is 6.61 Å². The molecule has 4 atom stereocenters. The molecule has 0 amide bonds. The van der Waals surface area contributed by atoms with Gasteiger partial charge in [0.15, 0.2) is 0 Å². The minimum Gasteiger partial charge on any atom is -0.459 e. The van der Waals surface area contributed by atoms with Crippen LogP contribution in [0.5, 0.6) is 0 Å². The van der Waals surface area contributed by atoms with Crippen LogP contribution in [-0.2, 0) is 23.8 Å². The molecule has 0 saturated carbocycles. The Morgan fingerprint density at radius 2 is 1.79 bits per heavy atom. The maximum atomic E-state index is 12.2. The second-order valence-electron chi connectivity index (χ2n) is 6.69. The Labute approximate surface area is 174 Å². The van der Waals surface area contributed by atoms with Crippen molar-refractivity contribution in [1.29, 1.82) is 0 Å². The monoisotopic (exact) mass is 438 g/mol. The molecule has 1 N–H and O–H groups in total. The lowest BCUT2D eigenvalue weighted by atomic mass is 10.1. The molecule has 29 heavy (non-hydrogen) atoms. The van der Waals surface area contributed by atoms with E-state index in [1.807, 2.05) is 31.2 Å². The molecular weight excluding hydrogens is 416 g/mol. The highest BCUT2D eigenvalue weighted by molar-refractivity contribution is 7.99. The van der Waals surface area contributed by atoms with Crippen LogP contribution in [-0.4, -0.2) is 56.1 Å². The third-order valence-electron chi connectivity index (χ3n) is 4.24. The number of aliphatic hydroxyl groups is 1. The molecule has 0 spiro atoms. The van der Waals surface area contributed by atoms with Crippen molar-refractivity contribution < 1.29 is 32.0 Å². The summed E-state index contributed by atoms with van der Waals surface area (Å²) >= 11 is 1.24. The number of ether oxygens (including phenoxy) is 2. The van der Waals surface area contributed by atoms with Gasteiger partial charge in [-0.05, 0) is 31.2 Å². The van der Waals surface area contributed by atoms with E-state index in [0.717, 1.165) is 16.7 Å². The first-order valence-electron chi connectivity index (χ1n) is 8.90. The first-order valence-corrected chi connectivity index (χ1v) is 11.6. The first-order chi connectivity index (χ1) is 13.7. The normalized spacial score (nSPS) is 24.4. The van der Waals surface area contributed by atoms with Crippen LogP contribution in [0.25, 0.3) is 0 Å². The molecule has 9 heteroatoms. The average Bonchev–Trinajstić information content (AvgIpc) is 2.96. The van der Waals surface area contributed by atoms with Crippen molar-refractivity contribution in [2.45, 2.75) is 35.6 Å². The van der Waals surface area contributed by atoms with Gasteiger partial charge in [-0.2, -0.15) is 8.42 Å². The molecule has 0 aliphatic carbocycles. The van der Waals surface area contributed by atoms with Gasteiger partial charge in [-0.25, -0.2) is 4.79 Å². The van der Waals surface area contributed by atoms with Gasteiger partial charge in [0, 0.05) is 4.90 Å². The van der Waals surface area contributed by atoms with Crippen LogP contribution in [0, 0.1) is 6.92 Å². The SMILES string of the molecule is Cc1ccc(SC2O[C@H](COC(=O)c3ccccc3)[C@H](OS(C)(=O)=O)[C@H]2O)cc1. The zero-order chi connectivity index (χ0) is 21.0. The number of thioether (sulfide) groups is 1. The van der Waals surface area contributed by atoms with Crippen molar-refractivity contribution in [1.82, 2.24) is 0 Å². The summed E-state index contributed by atoms with van der Waals surface area (Å²) in [6, 6.07) is 16.0. The summed E-state index contributed by atoms with van der Waals surface area (Å²) in [5.74, 6) is -0.573. The number of carbonyl (C=O) groups is 1. The van der Waals surface area contributed by atoms with E-state index >= 15 is 0 Å². The molecule has 2 aromatic carbocycles. The number of hydrogen-bond acceptors (Lipinski definition) is 8. The number of benzene rings is 2. The highest BCUT2D eigenvalue weighted by Crippen LogP contribution is 2.36. The molecule has 1 aliphatic heterocycles. The Hall–Kier alpha value is -1.91. The second-order valence-corrected chi connectivity index (χ2v) is 9.47. The number of aliphatic hydroxyl groups excluding tert-OH is 1. The summed E-state index contributed by atoms with van der Waals surface area (Å²) in [7, 11) is -3.86. The molecule has 0 radical (unpaired) electrons. The lowest BCUT2D eigenvalue weighted by Crippen LogP contribution is -2.38. The van der Waals surface area contributed by atoms with Crippen molar-refractivity contribution in [2.75, 3.05) is 12.9 Å². The predicted octanol–water partition coefficient (Wildman–Crippen LogP) is 2.37. The zero-order valence-corrected chi connectivity index (χ0v) is 17.6. The summed E-state index contributed by atoms with van der Waals surface area (Å²) in [6.07, 6.45) is -2.45. The van der Waals surface area contributed by atoms with Gasteiger partial charge in [0.1, 0.15) is 30.4 Å². The molecular formula is C20H22O7S2. The minimum absolute atomic E-state index is 0.254. The average molecular weight is 439 g/mol. The van der Waals surface area contributed by atoms with Crippen molar-refractivity contribution in [3.05, 3.63) is 65.7 Å². The van der Waals surface area contributed by atoms with Gasteiger partial charge >= 0.3 is 5.97 Å². The Kier molecular flexibility index (Phi) is 6.97. The summed E-state index contributed by atoms with van der Waals surface area (Å²) < 4.78 is 39.4. The molecule has 1 fully saturated rings. The molecule has 0 bridgehead atoms. The fraction of sp³-hybridized carbons (Fsp3) is 0.350. The van der Waals surface area contributed by atoms with Gasteiger partial charge in [0.05, 0.1) is 11.8 Å². The predicted molar refractivity (Wildman–Crippen MR) is 108 cm³/mol. The van der Waals surface area contributed by atoms with Gasteiger partial charge in [-0.15, -0.1) is 0 Å². The van der Waals surface area contributed by atoms with Gasteiger partial charge < -0.3 is 14.6 Å². The van der Waals surface area contributed by atoms with Crippen molar-refractivity contribution in [2.24, 2.45) is 0 Å². The molecule has 156 valence electrons. The Balaban J connectivity index is 1.70. The fourth-order valence-electron chi connectivity index (χ4n) is 2.82. The Bertz CT molecular complexity index is 929. The minimum atomic E-state index is -3.86. The smallest absolute Gasteiger partial charge is 0.338 e. The molecule has 7 nitrogen and oxygen atoms in total. The molecule has 1 heterocycles. The van der Waals surface area contributed by atoms with Crippen molar-refractivity contribution in [3.63, 3.8) is 0 Å². The van der Waals surface area contributed by atoms with Crippen LogP contribution < -0.4 is 0 Å². The Morgan fingerprint density at radius 1 is 1.14 bits per heavy atom. The fourth-order valence-corrected chi connectivity index (χ4v) is 4.52. The maximum absolute atomic E-state index is 12.2. The molecule has 1 aliphatic rings. The number of rotatable bonds is 7. The molecule has 2 aromatic rings. The van der Waals surface area contributed by atoms with Gasteiger partial charge in [-0.3, -0.25) is 4.18 Å². The van der Waals surface area contributed by atoms with E-state index < -0.39 is 39.8 Å². The van der Waals surface area contributed by atoms with Crippen molar-refractivity contribution in [3.8, 4) is 0 Å². The van der Waals surface area contributed by atoms with Crippen LogP contribution >= 0.6 is 11.8 Å². The number of hydrogen-bond donors (Lipinski definition) is 1. The van der Waals surface area contributed by atoms with E-state index in [9.17, 15) is 18.3 Å². The quantitative estimate of drug-likeness (QED) is 0.520. The lowest BCUT2D eigenvalue weighted by molar-refractivity contribution is -0.0133. The van der Waals surface area contributed by atoms with E-state index in [4.69, 9.17) is 13.7 Å². The first kappa shape index (κ1) is 21.8. The van der Waals surface area contributed by atoms with Crippen molar-refractivity contribution >= 4 is 27.8 Å². The Morgan fingerprint density at radius 3 is 2.41 bits per heavy atom. The van der Waals surface area contributed by atoms with Gasteiger partial charge in [-0.1, -0.05) is 47.7 Å². The summed E-state index contributed by atoms with van der Waals surface area (Å²) in [6.45, 7) is 1.71. The summed E-state index contributed by atoms with van der Waals surface area (Å²) in [5, 5.41) is 10.6. The zero-order valence-electron chi connectivity index (χ0n) is 15.9. The summed E-state index contributed by atoms with van der Waals surface area (Å²) in [5.41, 5.74) is 0.674. The van der Waals surface area contributed by atoms with E-state index in [1.165, 1.54) is 11.8 Å². The van der Waals surface area contributed by atoms with E-state index in [1.54, 1.807) is 30.3 Å². The topological polar surface area (TPSA) is 99.1 Å². The van der Waals surface area contributed by atoms with Crippen LogP contribution in [0.2, 0.25) is 0 Å². The molecule has 0 aromatic heterocycles. The number of esters is 1. The standard InChI is InChI=1S/C20H22O7S2/c1-13-8-10-15(11-9-13)28-20-17(21)18(27-29(2,23)24)16(26-20)12-25-19(22)14-6-4-3-5-7-14/h3-11,16-18,20-21H,12H2,1-2H3/t16-,17-,18+,20?/m1/s1. The highest BCUT2D eigenvalue weighted by Gasteiger charge is 2.47. The maximum Gasteiger partial charge on any atom is 0.338 e. The second kappa shape index (κ2) is 9.27. The lowest BCUT2D eigenvalue weighted by Gasteiger charge is -2.19. The number of carbonyl (C=O) groups excluding carboxylic acids is 1. The third-order valence-corrected chi connectivity index (χ3v) is 5.98. The van der Waals surface area contributed by atoms with E-state index in [2.05, 4.69) is 0 Å². The van der Waals surface area contributed by atoms with Gasteiger partial charge in [0.25, 0.3) is 10.1 Å². The molecule has 1 saturated heterocycles. The van der Waals surface area contributed by atoms with Crippen LogP contribution in [0.3, 0.4) is 0 Å². The molecule has 1 unspecified atom stereocenters. The van der Waals surface area contributed by atoms with Crippen LogP contribution in [0.4, 0.5) is 0 Å².